The van der Waals surface area contributed by atoms with Gasteiger partial charge in [-0.1, -0.05) is 29.5 Å². The Hall–Kier alpha value is -3.18. The molecule has 1 aromatic carbocycles. The van der Waals surface area contributed by atoms with Crippen LogP contribution in [0.4, 0.5) is 5.00 Å². The van der Waals surface area contributed by atoms with E-state index < -0.39 is 5.91 Å². The van der Waals surface area contributed by atoms with E-state index in [1.807, 2.05) is 43.5 Å². The summed E-state index contributed by atoms with van der Waals surface area (Å²) in [5.74, 6) is -0.218. The average Bonchev–Trinajstić information content (AvgIpc) is 3.43. The molecule has 0 saturated heterocycles. The third-order valence-electron chi connectivity index (χ3n) is 6.08. The molecule has 0 bridgehead atoms. The molecule has 2 aromatic heterocycles. The molecule has 1 atom stereocenters. The van der Waals surface area contributed by atoms with Crippen molar-refractivity contribution < 1.29 is 14.4 Å². The molecular formula is C25H30N6O3S2. The minimum atomic E-state index is -0.505. The van der Waals surface area contributed by atoms with Crippen molar-refractivity contribution in [2.24, 2.45) is 5.73 Å². The summed E-state index contributed by atoms with van der Waals surface area (Å²) in [5.41, 5.74) is 8.66. The van der Waals surface area contributed by atoms with Crippen LogP contribution in [0, 0.1) is 6.92 Å². The van der Waals surface area contributed by atoms with Crippen LogP contribution in [0.2, 0.25) is 0 Å². The highest BCUT2D eigenvalue weighted by Crippen LogP contribution is 2.38. The number of nitrogens with zero attached hydrogens (tertiary/aromatic N) is 3. The lowest BCUT2D eigenvalue weighted by Gasteiger charge is -2.15. The van der Waals surface area contributed by atoms with E-state index in [-0.39, 0.29) is 23.6 Å². The number of benzene rings is 1. The van der Waals surface area contributed by atoms with Gasteiger partial charge in [0.25, 0.3) is 11.8 Å². The predicted octanol–water partition coefficient (Wildman–Crippen LogP) is 3.87. The van der Waals surface area contributed by atoms with Gasteiger partial charge in [-0.3, -0.25) is 14.4 Å². The van der Waals surface area contributed by atoms with Crippen LogP contribution in [-0.2, 0) is 24.2 Å². The number of thiophene rings is 1. The molecule has 0 saturated carbocycles. The van der Waals surface area contributed by atoms with E-state index in [0.29, 0.717) is 33.7 Å². The Labute approximate surface area is 218 Å². The van der Waals surface area contributed by atoms with Crippen LogP contribution in [0.15, 0.2) is 29.4 Å². The van der Waals surface area contributed by atoms with Crippen molar-refractivity contribution in [3.05, 3.63) is 57.2 Å². The fraction of sp³-hybridized carbons (Fsp3) is 0.400. The maximum absolute atomic E-state index is 12.8. The lowest BCUT2D eigenvalue weighted by molar-refractivity contribution is -0.113. The van der Waals surface area contributed by atoms with E-state index in [1.165, 1.54) is 23.1 Å². The number of carbonyl (C=O) groups excluding carboxylic acids is 3. The molecule has 3 amide bonds. The Kier molecular flexibility index (Phi) is 8.10. The Bertz CT molecular complexity index is 1300. The SMILES string of the molecule is CCn1c(SCC(=O)Nc2sc3c(c2C(N)=O)CCCC3)nnc1[C@@H](C)NC(=O)c1cccc(C)c1. The van der Waals surface area contributed by atoms with Gasteiger partial charge in [0.15, 0.2) is 11.0 Å². The quantitative estimate of drug-likeness (QED) is 0.363. The zero-order valence-corrected chi connectivity index (χ0v) is 22.2. The Morgan fingerprint density at radius 3 is 2.72 bits per heavy atom. The van der Waals surface area contributed by atoms with Gasteiger partial charge in [0, 0.05) is 17.0 Å². The van der Waals surface area contributed by atoms with Crippen LogP contribution >= 0.6 is 23.1 Å². The van der Waals surface area contributed by atoms with Crippen LogP contribution in [-0.4, -0.2) is 38.2 Å². The van der Waals surface area contributed by atoms with Crippen LogP contribution < -0.4 is 16.4 Å². The zero-order chi connectivity index (χ0) is 25.8. The maximum atomic E-state index is 12.8. The summed E-state index contributed by atoms with van der Waals surface area (Å²) in [6, 6.07) is 7.02. The second-order valence-corrected chi connectivity index (χ2v) is 10.8. The first-order valence-electron chi connectivity index (χ1n) is 12.0. The largest absolute Gasteiger partial charge is 0.365 e. The zero-order valence-electron chi connectivity index (χ0n) is 20.6. The smallest absolute Gasteiger partial charge is 0.251 e. The molecule has 9 nitrogen and oxygen atoms in total. The number of thioether (sulfide) groups is 1. The number of carbonyl (C=O) groups is 3. The summed E-state index contributed by atoms with van der Waals surface area (Å²) in [5, 5.41) is 15.5. The molecule has 36 heavy (non-hydrogen) atoms. The minimum absolute atomic E-state index is 0.100. The van der Waals surface area contributed by atoms with Gasteiger partial charge in [0.2, 0.25) is 5.91 Å². The number of anilines is 1. The fourth-order valence-electron chi connectivity index (χ4n) is 4.36. The number of nitrogens with two attached hydrogens (primary N) is 1. The Morgan fingerprint density at radius 2 is 2.00 bits per heavy atom. The first-order chi connectivity index (χ1) is 17.3. The van der Waals surface area contributed by atoms with Crippen molar-refractivity contribution in [2.45, 2.75) is 64.2 Å². The van der Waals surface area contributed by atoms with Gasteiger partial charge in [0.05, 0.1) is 17.4 Å². The van der Waals surface area contributed by atoms with Gasteiger partial charge in [-0.15, -0.1) is 21.5 Å². The third kappa shape index (κ3) is 5.62. The lowest BCUT2D eigenvalue weighted by atomic mass is 9.95. The molecule has 2 heterocycles. The van der Waals surface area contributed by atoms with Crippen molar-refractivity contribution in [1.29, 1.82) is 0 Å². The first-order valence-corrected chi connectivity index (χ1v) is 13.8. The third-order valence-corrected chi connectivity index (χ3v) is 8.25. The molecule has 1 aliphatic carbocycles. The number of amides is 3. The summed E-state index contributed by atoms with van der Waals surface area (Å²) in [6.45, 7) is 6.34. The molecule has 11 heteroatoms. The number of nitrogens with one attached hydrogen (secondary N) is 2. The van der Waals surface area contributed by atoms with Gasteiger partial charge in [-0.25, -0.2) is 0 Å². The number of hydrogen-bond acceptors (Lipinski definition) is 7. The van der Waals surface area contributed by atoms with Crippen molar-refractivity contribution in [3.63, 3.8) is 0 Å². The topological polar surface area (TPSA) is 132 Å². The van der Waals surface area contributed by atoms with Crippen molar-refractivity contribution in [3.8, 4) is 0 Å². The maximum Gasteiger partial charge on any atom is 0.251 e. The van der Waals surface area contributed by atoms with Crippen LogP contribution in [0.1, 0.15) is 75.3 Å². The highest BCUT2D eigenvalue weighted by Gasteiger charge is 2.25. The molecule has 4 N–H and O–H groups in total. The summed E-state index contributed by atoms with van der Waals surface area (Å²) in [4.78, 5) is 38.6. The number of fused-ring (bicyclic) bond motifs is 1. The van der Waals surface area contributed by atoms with Crippen LogP contribution in [0.5, 0.6) is 0 Å². The van der Waals surface area contributed by atoms with Crippen molar-refractivity contribution in [1.82, 2.24) is 20.1 Å². The minimum Gasteiger partial charge on any atom is -0.365 e. The summed E-state index contributed by atoms with van der Waals surface area (Å²) < 4.78 is 1.89. The van der Waals surface area contributed by atoms with Gasteiger partial charge < -0.3 is 20.9 Å². The van der Waals surface area contributed by atoms with E-state index in [2.05, 4.69) is 20.8 Å². The van der Waals surface area contributed by atoms with Gasteiger partial charge in [-0.05, 0) is 64.2 Å². The second-order valence-electron chi connectivity index (χ2n) is 8.77. The predicted molar refractivity (Wildman–Crippen MR) is 142 cm³/mol. The Morgan fingerprint density at radius 1 is 1.22 bits per heavy atom. The number of aromatic nitrogens is 3. The monoisotopic (exact) mass is 526 g/mol. The first kappa shape index (κ1) is 25.9. The molecule has 4 rings (SSSR count). The van der Waals surface area contributed by atoms with Crippen LogP contribution in [0.3, 0.4) is 0 Å². The highest BCUT2D eigenvalue weighted by molar-refractivity contribution is 7.99. The van der Waals surface area contributed by atoms with E-state index in [4.69, 9.17) is 5.73 Å². The number of aryl methyl sites for hydroxylation is 2. The molecule has 0 spiro atoms. The van der Waals surface area contributed by atoms with Gasteiger partial charge >= 0.3 is 0 Å². The second kappa shape index (κ2) is 11.3. The molecule has 190 valence electrons. The molecule has 3 aromatic rings. The normalized spacial score (nSPS) is 13.6. The summed E-state index contributed by atoms with van der Waals surface area (Å²) in [6.07, 6.45) is 3.82. The van der Waals surface area contributed by atoms with E-state index in [9.17, 15) is 14.4 Å². The number of primary amides is 1. The summed E-state index contributed by atoms with van der Waals surface area (Å²) >= 11 is 2.70. The highest BCUT2D eigenvalue weighted by atomic mass is 32.2. The fourth-order valence-corrected chi connectivity index (χ4v) is 6.48. The average molecular weight is 527 g/mol. The van der Waals surface area contributed by atoms with Gasteiger partial charge in [-0.2, -0.15) is 0 Å². The molecular weight excluding hydrogens is 496 g/mol. The number of hydrogen-bond donors (Lipinski definition) is 3. The van der Waals surface area contributed by atoms with E-state index in [1.54, 1.807) is 6.07 Å². The summed E-state index contributed by atoms with van der Waals surface area (Å²) in [7, 11) is 0. The van der Waals surface area contributed by atoms with Crippen LogP contribution in [0.25, 0.3) is 0 Å². The van der Waals surface area contributed by atoms with Crippen molar-refractivity contribution >= 4 is 45.8 Å². The molecule has 0 fully saturated rings. The lowest BCUT2D eigenvalue weighted by Crippen LogP contribution is -2.28. The molecule has 1 aliphatic rings. The van der Waals surface area contributed by atoms with E-state index >= 15 is 0 Å². The molecule has 0 radical (unpaired) electrons. The van der Waals surface area contributed by atoms with E-state index in [0.717, 1.165) is 41.7 Å². The number of rotatable bonds is 9. The molecule has 0 aliphatic heterocycles. The Balaban J connectivity index is 1.41. The van der Waals surface area contributed by atoms with Gasteiger partial charge in [0.1, 0.15) is 5.00 Å². The van der Waals surface area contributed by atoms with Crippen molar-refractivity contribution in [2.75, 3.05) is 11.1 Å². The molecule has 0 unspecified atom stereocenters. The standard InChI is InChI=1S/C25H30N6O3S2/c1-4-31-22(15(3)27-23(34)16-9-7-8-14(2)12-16)29-30-25(31)35-13-19(32)28-24-20(21(26)33)17-10-5-6-11-18(17)36-24/h7-9,12,15H,4-6,10-11,13H2,1-3H3,(H2,26,33)(H,27,34)(H,28,32)/t15-/m1/s1.